The second-order valence-electron chi connectivity index (χ2n) is 8.44. The van der Waals surface area contributed by atoms with E-state index in [4.69, 9.17) is 5.73 Å². The van der Waals surface area contributed by atoms with E-state index in [1.807, 2.05) is 0 Å². The number of likely N-dealkylation sites (tertiary alicyclic amines) is 2. The third-order valence-electron chi connectivity index (χ3n) is 6.07. The first-order valence-electron chi connectivity index (χ1n) is 10.4. The van der Waals surface area contributed by atoms with E-state index in [1.54, 1.807) is 0 Å². The number of fused-ring (bicyclic) bond motifs is 2. The number of nitrogens with zero attached hydrogens (tertiary/aromatic N) is 2. The van der Waals surface area contributed by atoms with Gasteiger partial charge in [0.15, 0.2) is 23.3 Å². The lowest BCUT2D eigenvalue weighted by Gasteiger charge is -2.34. The number of nitrogens with one attached hydrogen (secondary N) is 1. The van der Waals surface area contributed by atoms with Crippen molar-refractivity contribution in [2.45, 2.75) is 37.4 Å². The zero-order valence-electron chi connectivity index (χ0n) is 17.6. The lowest BCUT2D eigenvalue weighted by molar-refractivity contribution is -0.133. The van der Waals surface area contributed by atoms with Gasteiger partial charge < -0.3 is 20.9 Å². The average molecular weight is 486 g/mol. The van der Waals surface area contributed by atoms with Crippen LogP contribution in [-0.4, -0.2) is 53.0 Å². The van der Waals surface area contributed by atoms with Crippen molar-refractivity contribution in [2.24, 2.45) is 5.73 Å². The van der Waals surface area contributed by atoms with Gasteiger partial charge >= 0.3 is 6.03 Å². The molecule has 0 aromatic heterocycles. The van der Waals surface area contributed by atoms with Crippen molar-refractivity contribution < 1.29 is 35.9 Å². The van der Waals surface area contributed by atoms with Crippen LogP contribution in [0.1, 0.15) is 18.4 Å². The summed E-state index contributed by atoms with van der Waals surface area (Å²) in [6.07, 6.45) is 0.0838. The maximum atomic E-state index is 13.8. The van der Waals surface area contributed by atoms with Crippen LogP contribution < -0.4 is 11.1 Å². The number of hydrogen-bond donors (Lipinski definition) is 2. The normalized spacial score (nSPS) is 20.1. The molecule has 6 nitrogen and oxygen atoms in total. The third-order valence-corrected chi connectivity index (χ3v) is 6.07. The topological polar surface area (TPSA) is 78.7 Å². The van der Waals surface area contributed by atoms with Gasteiger partial charge in [0.25, 0.3) is 0 Å². The van der Waals surface area contributed by atoms with E-state index in [2.05, 4.69) is 5.32 Å². The number of rotatable bonds is 5. The Labute approximate surface area is 190 Å². The van der Waals surface area contributed by atoms with Crippen molar-refractivity contribution in [3.05, 3.63) is 64.7 Å². The molecule has 34 heavy (non-hydrogen) atoms. The van der Waals surface area contributed by atoms with E-state index in [0.717, 1.165) is 0 Å². The van der Waals surface area contributed by atoms with Gasteiger partial charge in [-0.3, -0.25) is 4.79 Å². The number of halogens is 6. The summed E-state index contributed by atoms with van der Waals surface area (Å²) in [7, 11) is 0. The smallest absolute Gasteiger partial charge is 0.322 e. The molecule has 0 spiro atoms. The van der Waals surface area contributed by atoms with Crippen LogP contribution in [0.15, 0.2) is 24.3 Å². The van der Waals surface area contributed by atoms with E-state index in [0.29, 0.717) is 30.7 Å². The number of carbonyl (C=O) groups is 2. The molecule has 4 rings (SSSR count). The van der Waals surface area contributed by atoms with E-state index in [9.17, 15) is 35.9 Å². The highest BCUT2D eigenvalue weighted by Gasteiger charge is 2.47. The monoisotopic (exact) mass is 486 g/mol. The summed E-state index contributed by atoms with van der Waals surface area (Å²) < 4.78 is 81.0. The van der Waals surface area contributed by atoms with Gasteiger partial charge in [-0.1, -0.05) is 0 Å². The maximum Gasteiger partial charge on any atom is 0.322 e. The quantitative estimate of drug-likeness (QED) is 0.503. The molecule has 2 bridgehead atoms. The summed E-state index contributed by atoms with van der Waals surface area (Å²) in [5.74, 6) is -7.47. The van der Waals surface area contributed by atoms with E-state index >= 15 is 0 Å². The molecular weight excluding hydrogens is 466 g/mol. The summed E-state index contributed by atoms with van der Waals surface area (Å²) >= 11 is 0. The van der Waals surface area contributed by atoms with Crippen LogP contribution >= 0.6 is 0 Å². The Hall–Kier alpha value is -3.28. The van der Waals surface area contributed by atoms with Crippen molar-refractivity contribution in [1.82, 2.24) is 9.80 Å². The number of hydrogen-bond acceptors (Lipinski definition) is 3. The molecule has 2 aromatic carbocycles. The number of piperazine rings is 1. The van der Waals surface area contributed by atoms with Crippen molar-refractivity contribution in [3.8, 4) is 0 Å². The number of urea groups is 1. The molecular formula is C22H20F6N4O2. The Balaban J connectivity index is 1.33. The Bertz CT molecular complexity index is 1120. The SMILES string of the molecule is N[C@@H](CC(=O)N1C[C@H]2C[C@H]1CN2C(=O)Nc1c(F)cc(F)cc1F)Cc1cc(F)c(F)cc1F. The number of nitrogens with two attached hydrogens (primary N) is 1. The molecule has 0 unspecified atom stereocenters. The highest BCUT2D eigenvalue weighted by molar-refractivity contribution is 5.90. The predicted molar refractivity (Wildman–Crippen MR) is 109 cm³/mol. The number of benzene rings is 2. The lowest BCUT2D eigenvalue weighted by atomic mass is 10.0. The molecule has 12 heteroatoms. The highest BCUT2D eigenvalue weighted by atomic mass is 19.2. The minimum Gasteiger partial charge on any atom is -0.336 e. The van der Waals surface area contributed by atoms with Gasteiger partial charge in [-0.2, -0.15) is 0 Å². The summed E-state index contributed by atoms with van der Waals surface area (Å²) in [6.45, 7) is 0.275. The fraction of sp³-hybridized carbons (Fsp3) is 0.364. The molecule has 3 N–H and O–H groups in total. The minimum atomic E-state index is -1.32. The molecule has 2 aliphatic heterocycles. The molecule has 3 amide bonds. The second kappa shape index (κ2) is 9.16. The Morgan fingerprint density at radius 3 is 2.09 bits per heavy atom. The first-order chi connectivity index (χ1) is 16.0. The molecule has 2 saturated heterocycles. The third kappa shape index (κ3) is 4.67. The standard InChI is InChI=1S/C22H20F6N4O2/c23-11-3-18(27)21(19(28)4-11)30-22(34)32-9-13-6-14(32)8-31(13)20(33)5-12(29)1-10-2-16(25)17(26)7-15(10)24/h2-4,7,12-14H,1,5-6,8-9,29H2,(H,30,34)/t12-,13+,14-/m1/s1. The Morgan fingerprint density at radius 1 is 0.882 bits per heavy atom. The number of amides is 3. The first kappa shape index (κ1) is 23.9. The van der Waals surface area contributed by atoms with E-state index < -0.39 is 58.7 Å². The van der Waals surface area contributed by atoms with Gasteiger partial charge in [0, 0.05) is 43.8 Å². The summed E-state index contributed by atoms with van der Waals surface area (Å²) in [4.78, 5) is 28.1. The molecule has 0 saturated carbocycles. The molecule has 0 radical (unpaired) electrons. The fourth-order valence-corrected chi connectivity index (χ4v) is 4.48. The zero-order chi connectivity index (χ0) is 24.7. The van der Waals surface area contributed by atoms with Crippen molar-refractivity contribution in [1.29, 1.82) is 0 Å². The van der Waals surface area contributed by atoms with Crippen molar-refractivity contribution in [3.63, 3.8) is 0 Å². The highest BCUT2D eigenvalue weighted by Crippen LogP contribution is 2.32. The molecule has 2 aliphatic rings. The summed E-state index contributed by atoms with van der Waals surface area (Å²) in [5, 5.41) is 2.10. The Kier molecular flexibility index (Phi) is 6.43. The van der Waals surface area contributed by atoms with Crippen LogP contribution in [0.3, 0.4) is 0 Å². The van der Waals surface area contributed by atoms with Crippen molar-refractivity contribution in [2.75, 3.05) is 18.4 Å². The second-order valence-corrected chi connectivity index (χ2v) is 8.44. The minimum absolute atomic E-state index is 0.111. The molecule has 182 valence electrons. The van der Waals surface area contributed by atoms with Crippen LogP contribution in [-0.2, 0) is 11.2 Å². The van der Waals surface area contributed by atoms with Crippen LogP contribution in [0.4, 0.5) is 36.8 Å². The number of carbonyl (C=O) groups excluding carboxylic acids is 2. The first-order valence-corrected chi connectivity index (χ1v) is 10.4. The van der Waals surface area contributed by atoms with Gasteiger partial charge in [-0.05, 0) is 24.5 Å². The van der Waals surface area contributed by atoms with E-state index in [-0.39, 0.29) is 43.4 Å². The van der Waals surface area contributed by atoms with Gasteiger partial charge in [-0.15, -0.1) is 0 Å². The average Bonchev–Trinajstić information content (AvgIpc) is 3.35. The molecule has 3 atom stereocenters. The largest absolute Gasteiger partial charge is 0.336 e. The maximum absolute atomic E-state index is 13.8. The van der Waals surface area contributed by atoms with Crippen LogP contribution in [0.2, 0.25) is 0 Å². The van der Waals surface area contributed by atoms with Crippen LogP contribution in [0.25, 0.3) is 0 Å². The molecule has 2 fully saturated rings. The van der Waals surface area contributed by atoms with Gasteiger partial charge in [0.1, 0.15) is 17.3 Å². The number of anilines is 1. The summed E-state index contributed by atoms with van der Waals surface area (Å²) in [6, 6.07) is -0.365. The van der Waals surface area contributed by atoms with Crippen LogP contribution in [0.5, 0.6) is 0 Å². The summed E-state index contributed by atoms with van der Waals surface area (Å²) in [5.41, 5.74) is 5.01. The Morgan fingerprint density at radius 2 is 1.47 bits per heavy atom. The molecule has 2 aromatic rings. The van der Waals surface area contributed by atoms with Crippen molar-refractivity contribution >= 4 is 17.6 Å². The van der Waals surface area contributed by atoms with Gasteiger partial charge in [-0.25, -0.2) is 31.1 Å². The van der Waals surface area contributed by atoms with Crippen LogP contribution in [0, 0.1) is 34.9 Å². The van der Waals surface area contributed by atoms with Gasteiger partial charge in [0.05, 0.1) is 12.1 Å². The fourth-order valence-electron chi connectivity index (χ4n) is 4.48. The molecule has 0 aliphatic carbocycles. The lowest BCUT2D eigenvalue weighted by Crippen LogP contribution is -2.52. The molecule has 2 heterocycles. The zero-order valence-corrected chi connectivity index (χ0v) is 17.6. The van der Waals surface area contributed by atoms with E-state index in [1.165, 1.54) is 9.80 Å². The predicted octanol–water partition coefficient (Wildman–Crippen LogP) is 3.30. The van der Waals surface area contributed by atoms with Gasteiger partial charge in [0.2, 0.25) is 5.91 Å².